The smallest absolute Gasteiger partial charge is 0.252 e. The first-order valence-corrected chi connectivity index (χ1v) is 8.32. The van der Waals surface area contributed by atoms with Crippen molar-refractivity contribution in [3.63, 3.8) is 0 Å². The summed E-state index contributed by atoms with van der Waals surface area (Å²) in [7, 11) is 0. The molecule has 1 aliphatic heterocycles. The molecule has 1 aliphatic rings. The Morgan fingerprint density at radius 1 is 1.08 bits per heavy atom. The van der Waals surface area contributed by atoms with Gasteiger partial charge in [0, 0.05) is 29.3 Å². The van der Waals surface area contributed by atoms with E-state index < -0.39 is 0 Å². The third kappa shape index (κ3) is 3.83. The van der Waals surface area contributed by atoms with Crippen LogP contribution in [0.5, 0.6) is 0 Å². The minimum Gasteiger partial charge on any atom is -0.376 e. The monoisotopic (exact) mass is 343 g/mol. The van der Waals surface area contributed by atoms with Gasteiger partial charge in [-0.2, -0.15) is 0 Å². The maximum absolute atomic E-state index is 12.7. The van der Waals surface area contributed by atoms with Gasteiger partial charge in [-0.05, 0) is 43.2 Å². The molecule has 1 saturated heterocycles. The standard InChI is InChI=1S/C19H18ClNO3/c20-14-9-7-13(8-10-14)18(22)16-5-1-2-6-17(16)19(23)21-12-15-4-3-11-24-15/h1-2,5-10,15H,3-4,11-12H2,(H,21,23)/t15-/m1/s1. The molecule has 0 radical (unpaired) electrons. The molecule has 1 N–H and O–H groups in total. The lowest BCUT2D eigenvalue weighted by molar-refractivity contribution is 0.0853. The zero-order valence-corrected chi connectivity index (χ0v) is 13.9. The highest BCUT2D eigenvalue weighted by atomic mass is 35.5. The molecule has 0 aromatic heterocycles. The number of halogens is 1. The molecule has 1 heterocycles. The fourth-order valence-electron chi connectivity index (χ4n) is 2.74. The molecule has 0 bridgehead atoms. The zero-order valence-electron chi connectivity index (χ0n) is 13.1. The molecule has 2 aromatic carbocycles. The van der Waals surface area contributed by atoms with E-state index in [0.717, 1.165) is 19.4 Å². The molecular weight excluding hydrogens is 326 g/mol. The van der Waals surface area contributed by atoms with Gasteiger partial charge in [-0.15, -0.1) is 0 Å². The van der Waals surface area contributed by atoms with Gasteiger partial charge in [-0.1, -0.05) is 29.8 Å². The van der Waals surface area contributed by atoms with Gasteiger partial charge >= 0.3 is 0 Å². The summed E-state index contributed by atoms with van der Waals surface area (Å²) in [4.78, 5) is 25.2. The predicted octanol–water partition coefficient (Wildman–Crippen LogP) is 3.48. The van der Waals surface area contributed by atoms with E-state index in [1.165, 1.54) is 0 Å². The first-order valence-electron chi connectivity index (χ1n) is 7.94. The zero-order chi connectivity index (χ0) is 16.9. The average Bonchev–Trinajstić information content (AvgIpc) is 3.13. The SMILES string of the molecule is O=C(NC[C@H]1CCCO1)c1ccccc1C(=O)c1ccc(Cl)cc1. The molecule has 3 rings (SSSR count). The van der Waals surface area contributed by atoms with Crippen molar-refractivity contribution in [1.82, 2.24) is 5.32 Å². The van der Waals surface area contributed by atoms with Gasteiger partial charge in [-0.25, -0.2) is 0 Å². The Balaban J connectivity index is 1.77. The Kier molecular flexibility index (Phi) is 5.28. The molecule has 1 fully saturated rings. The summed E-state index contributed by atoms with van der Waals surface area (Å²) in [5.41, 5.74) is 1.25. The van der Waals surface area contributed by atoms with Gasteiger partial charge < -0.3 is 10.1 Å². The summed E-state index contributed by atoms with van der Waals surface area (Å²) in [6.45, 7) is 1.20. The van der Waals surface area contributed by atoms with Crippen molar-refractivity contribution in [1.29, 1.82) is 0 Å². The Bertz CT molecular complexity index is 737. The van der Waals surface area contributed by atoms with E-state index in [-0.39, 0.29) is 17.8 Å². The Morgan fingerprint density at radius 2 is 1.79 bits per heavy atom. The number of hydrogen-bond donors (Lipinski definition) is 1. The number of nitrogens with one attached hydrogen (secondary N) is 1. The lowest BCUT2D eigenvalue weighted by atomic mass is 9.98. The highest BCUT2D eigenvalue weighted by Gasteiger charge is 2.20. The quantitative estimate of drug-likeness (QED) is 0.846. The predicted molar refractivity (Wildman–Crippen MR) is 92.6 cm³/mol. The highest BCUT2D eigenvalue weighted by molar-refractivity contribution is 6.30. The van der Waals surface area contributed by atoms with Crippen LogP contribution in [-0.4, -0.2) is 30.9 Å². The third-order valence-electron chi connectivity index (χ3n) is 4.04. The summed E-state index contributed by atoms with van der Waals surface area (Å²) in [5, 5.41) is 3.42. The van der Waals surface area contributed by atoms with Crippen molar-refractivity contribution in [3.8, 4) is 0 Å². The van der Waals surface area contributed by atoms with Crippen molar-refractivity contribution in [2.75, 3.05) is 13.2 Å². The Labute approximate surface area is 145 Å². The number of ether oxygens (including phenoxy) is 1. The van der Waals surface area contributed by atoms with E-state index >= 15 is 0 Å². The molecular formula is C19H18ClNO3. The van der Waals surface area contributed by atoms with Gasteiger partial charge in [0.15, 0.2) is 5.78 Å². The molecule has 0 spiro atoms. The molecule has 0 saturated carbocycles. The van der Waals surface area contributed by atoms with Crippen LogP contribution in [-0.2, 0) is 4.74 Å². The second kappa shape index (κ2) is 7.60. The number of hydrogen-bond acceptors (Lipinski definition) is 3. The lowest BCUT2D eigenvalue weighted by Crippen LogP contribution is -2.32. The molecule has 24 heavy (non-hydrogen) atoms. The highest BCUT2D eigenvalue weighted by Crippen LogP contribution is 2.17. The largest absolute Gasteiger partial charge is 0.376 e. The van der Waals surface area contributed by atoms with Gasteiger partial charge in [0.1, 0.15) is 0 Å². The van der Waals surface area contributed by atoms with Crippen molar-refractivity contribution < 1.29 is 14.3 Å². The van der Waals surface area contributed by atoms with E-state index in [1.54, 1.807) is 48.5 Å². The van der Waals surface area contributed by atoms with Crippen molar-refractivity contribution in [2.24, 2.45) is 0 Å². The maximum atomic E-state index is 12.7. The van der Waals surface area contributed by atoms with Crippen LogP contribution in [0.3, 0.4) is 0 Å². The fraction of sp³-hybridized carbons (Fsp3) is 0.263. The number of rotatable bonds is 5. The Morgan fingerprint density at radius 3 is 2.46 bits per heavy atom. The summed E-state index contributed by atoms with van der Waals surface area (Å²) in [6, 6.07) is 13.5. The van der Waals surface area contributed by atoms with Crippen LogP contribution in [0.4, 0.5) is 0 Å². The van der Waals surface area contributed by atoms with Crippen molar-refractivity contribution >= 4 is 23.3 Å². The second-order valence-corrected chi connectivity index (χ2v) is 6.16. The molecule has 1 amide bonds. The summed E-state index contributed by atoms with van der Waals surface area (Å²) >= 11 is 5.86. The number of benzene rings is 2. The van der Waals surface area contributed by atoms with E-state index in [0.29, 0.717) is 28.3 Å². The van der Waals surface area contributed by atoms with Crippen molar-refractivity contribution in [2.45, 2.75) is 18.9 Å². The topological polar surface area (TPSA) is 55.4 Å². The molecule has 0 unspecified atom stereocenters. The first kappa shape index (κ1) is 16.7. The van der Waals surface area contributed by atoms with Crippen molar-refractivity contribution in [3.05, 3.63) is 70.2 Å². The summed E-state index contributed by atoms with van der Waals surface area (Å²) in [6.07, 6.45) is 2.03. The lowest BCUT2D eigenvalue weighted by Gasteiger charge is -2.13. The molecule has 2 aromatic rings. The molecule has 124 valence electrons. The molecule has 5 heteroatoms. The maximum Gasteiger partial charge on any atom is 0.252 e. The number of amides is 1. The summed E-state index contributed by atoms with van der Waals surface area (Å²) in [5.74, 6) is -0.460. The van der Waals surface area contributed by atoms with E-state index in [4.69, 9.17) is 16.3 Å². The molecule has 1 atom stereocenters. The number of carbonyl (C=O) groups is 2. The van der Waals surface area contributed by atoms with Crippen LogP contribution in [0.15, 0.2) is 48.5 Å². The number of ketones is 1. The van der Waals surface area contributed by atoms with Gasteiger partial charge in [0.25, 0.3) is 5.91 Å². The molecule has 4 nitrogen and oxygen atoms in total. The van der Waals surface area contributed by atoms with E-state index in [9.17, 15) is 9.59 Å². The Hall–Kier alpha value is -2.17. The average molecular weight is 344 g/mol. The van der Waals surface area contributed by atoms with Crippen LogP contribution in [0.2, 0.25) is 5.02 Å². The first-order chi connectivity index (χ1) is 11.6. The van der Waals surface area contributed by atoms with Crippen LogP contribution < -0.4 is 5.32 Å². The normalized spacial score (nSPS) is 16.8. The van der Waals surface area contributed by atoms with E-state index in [1.807, 2.05) is 0 Å². The number of carbonyl (C=O) groups excluding carboxylic acids is 2. The minimum atomic E-state index is -0.261. The van der Waals surface area contributed by atoms with Crippen LogP contribution in [0, 0.1) is 0 Å². The minimum absolute atomic E-state index is 0.0630. The van der Waals surface area contributed by atoms with Gasteiger partial charge in [-0.3, -0.25) is 9.59 Å². The van der Waals surface area contributed by atoms with Crippen LogP contribution in [0.1, 0.15) is 39.1 Å². The van der Waals surface area contributed by atoms with Gasteiger partial charge in [0.05, 0.1) is 11.7 Å². The third-order valence-corrected chi connectivity index (χ3v) is 4.29. The molecule has 0 aliphatic carbocycles. The fourth-order valence-corrected chi connectivity index (χ4v) is 2.87. The van der Waals surface area contributed by atoms with Crippen LogP contribution >= 0.6 is 11.6 Å². The van der Waals surface area contributed by atoms with Gasteiger partial charge in [0.2, 0.25) is 0 Å². The van der Waals surface area contributed by atoms with E-state index in [2.05, 4.69) is 5.32 Å². The van der Waals surface area contributed by atoms with Crippen LogP contribution in [0.25, 0.3) is 0 Å². The second-order valence-electron chi connectivity index (χ2n) is 5.73. The summed E-state index contributed by atoms with van der Waals surface area (Å²) < 4.78 is 5.50.